The molecule has 0 aliphatic rings. The van der Waals surface area contributed by atoms with E-state index in [1.54, 1.807) is 0 Å². The van der Waals surface area contributed by atoms with Gasteiger partial charge in [-0.1, -0.05) is 6.92 Å². The molecular weight excluding hydrogens is 319 g/mol. The van der Waals surface area contributed by atoms with Crippen molar-refractivity contribution in [2.45, 2.75) is 32.3 Å². The monoisotopic (exact) mass is 340 g/mol. The van der Waals surface area contributed by atoms with Gasteiger partial charge in [0, 0.05) is 19.4 Å². The summed E-state index contributed by atoms with van der Waals surface area (Å²) in [4.78, 5) is 34.2. The lowest BCUT2D eigenvalue weighted by atomic mass is 10.2. The van der Waals surface area contributed by atoms with Crippen LogP contribution in [0.3, 0.4) is 0 Å². The molecule has 0 aliphatic carbocycles. The van der Waals surface area contributed by atoms with Gasteiger partial charge in [-0.2, -0.15) is 0 Å². The van der Waals surface area contributed by atoms with Crippen LogP contribution in [0.2, 0.25) is 0 Å². The maximum atomic E-state index is 12.8. The maximum Gasteiger partial charge on any atom is 0.346 e. The van der Waals surface area contributed by atoms with E-state index in [0.717, 1.165) is 18.6 Å². The molecule has 0 saturated heterocycles. The minimum absolute atomic E-state index is 0.0301. The first-order chi connectivity index (χ1) is 11.4. The highest BCUT2D eigenvalue weighted by molar-refractivity contribution is 5.84. The average Bonchev–Trinajstić information content (AvgIpc) is 2.56. The van der Waals surface area contributed by atoms with Crippen molar-refractivity contribution in [2.75, 3.05) is 13.1 Å². The molecule has 24 heavy (non-hydrogen) atoms. The van der Waals surface area contributed by atoms with Gasteiger partial charge < -0.3 is 20.5 Å². The Morgan fingerprint density at radius 2 is 1.71 bits per heavy atom. The topological polar surface area (TPSA) is 105 Å². The average molecular weight is 340 g/mol. The second kappa shape index (κ2) is 10.2. The number of carboxylic acids is 1. The molecule has 1 rings (SSSR count). The Morgan fingerprint density at radius 3 is 2.25 bits per heavy atom. The fourth-order valence-electron chi connectivity index (χ4n) is 1.73. The van der Waals surface area contributed by atoms with Crippen molar-refractivity contribution in [3.8, 4) is 5.75 Å². The first-order valence-corrected chi connectivity index (χ1v) is 7.60. The lowest BCUT2D eigenvalue weighted by molar-refractivity contribution is -0.145. The van der Waals surface area contributed by atoms with Crippen molar-refractivity contribution in [2.24, 2.45) is 0 Å². The molecule has 0 heterocycles. The van der Waals surface area contributed by atoms with Crippen LogP contribution in [0.5, 0.6) is 5.75 Å². The van der Waals surface area contributed by atoms with E-state index < -0.39 is 23.8 Å². The Hall–Kier alpha value is -2.64. The Kier molecular flexibility index (Phi) is 8.24. The van der Waals surface area contributed by atoms with Gasteiger partial charge in [0.2, 0.25) is 17.9 Å². The molecule has 3 N–H and O–H groups in total. The molecule has 1 atom stereocenters. The second-order valence-electron chi connectivity index (χ2n) is 5.05. The molecule has 7 nitrogen and oxygen atoms in total. The molecule has 1 aromatic rings. The van der Waals surface area contributed by atoms with Gasteiger partial charge in [-0.15, -0.1) is 0 Å². The van der Waals surface area contributed by atoms with Crippen LogP contribution in [0.1, 0.15) is 26.2 Å². The minimum atomic E-state index is -1.31. The lowest BCUT2D eigenvalue weighted by Crippen LogP contribution is -2.40. The minimum Gasteiger partial charge on any atom is -0.478 e. The van der Waals surface area contributed by atoms with Crippen molar-refractivity contribution in [1.82, 2.24) is 10.6 Å². The molecule has 1 unspecified atom stereocenters. The zero-order valence-electron chi connectivity index (χ0n) is 13.4. The number of carbonyl (C=O) groups is 3. The fourth-order valence-corrected chi connectivity index (χ4v) is 1.73. The number of benzene rings is 1. The molecule has 8 heteroatoms. The molecule has 132 valence electrons. The normalized spacial score (nSPS) is 11.4. The van der Waals surface area contributed by atoms with Crippen LogP contribution >= 0.6 is 0 Å². The number of amides is 2. The number of carbonyl (C=O) groups excluding carboxylic acids is 2. The summed E-state index contributed by atoms with van der Waals surface area (Å²) in [7, 11) is 0. The summed E-state index contributed by atoms with van der Waals surface area (Å²) in [6.45, 7) is 2.20. The zero-order chi connectivity index (χ0) is 17.9. The van der Waals surface area contributed by atoms with Crippen molar-refractivity contribution in [1.29, 1.82) is 0 Å². The molecular formula is C16H21FN2O5. The van der Waals surface area contributed by atoms with E-state index in [1.165, 1.54) is 12.1 Å². The zero-order valence-corrected chi connectivity index (χ0v) is 13.4. The summed E-state index contributed by atoms with van der Waals surface area (Å²) >= 11 is 0. The molecule has 0 spiro atoms. The summed E-state index contributed by atoms with van der Waals surface area (Å²) in [5, 5.41) is 14.2. The van der Waals surface area contributed by atoms with E-state index in [4.69, 9.17) is 9.84 Å². The van der Waals surface area contributed by atoms with Gasteiger partial charge in [-0.05, 0) is 30.7 Å². The van der Waals surface area contributed by atoms with E-state index in [0.29, 0.717) is 6.54 Å². The highest BCUT2D eigenvalue weighted by Gasteiger charge is 2.20. The molecule has 0 bridgehead atoms. The number of hydrogen-bond donors (Lipinski definition) is 3. The first-order valence-electron chi connectivity index (χ1n) is 7.60. The van der Waals surface area contributed by atoms with Crippen LogP contribution in [-0.2, 0) is 14.4 Å². The number of aliphatic carboxylic acids is 1. The van der Waals surface area contributed by atoms with Gasteiger partial charge in [-0.3, -0.25) is 9.59 Å². The molecule has 0 fully saturated rings. The summed E-state index contributed by atoms with van der Waals surface area (Å²) < 4.78 is 18.0. The third-order valence-corrected chi connectivity index (χ3v) is 3.00. The highest BCUT2D eigenvalue weighted by Crippen LogP contribution is 2.13. The lowest BCUT2D eigenvalue weighted by Gasteiger charge is -2.15. The standard InChI is InChI=1S/C16H21FN2O5/c1-2-9-18-14(20)7-8-15(21)19-10-13(16(22)23)24-12-5-3-11(17)4-6-12/h3-6,13H,2,7-10H2,1H3,(H,18,20)(H,19,21)(H,22,23). The van der Waals surface area contributed by atoms with Crippen LogP contribution in [0, 0.1) is 5.82 Å². The van der Waals surface area contributed by atoms with Crippen LogP contribution in [-0.4, -0.2) is 42.1 Å². The van der Waals surface area contributed by atoms with Crippen molar-refractivity contribution < 1.29 is 28.6 Å². The van der Waals surface area contributed by atoms with Gasteiger partial charge >= 0.3 is 5.97 Å². The van der Waals surface area contributed by atoms with Gasteiger partial charge in [0.15, 0.2) is 0 Å². The number of ether oxygens (including phenoxy) is 1. The van der Waals surface area contributed by atoms with E-state index in [-0.39, 0.29) is 31.0 Å². The summed E-state index contributed by atoms with van der Waals surface area (Å²) in [5.41, 5.74) is 0. The van der Waals surface area contributed by atoms with E-state index in [2.05, 4.69) is 10.6 Å². The third kappa shape index (κ3) is 7.57. The predicted molar refractivity (Wildman–Crippen MR) is 84.0 cm³/mol. The summed E-state index contributed by atoms with van der Waals surface area (Å²) in [6.07, 6.45) is -0.520. The fraction of sp³-hybridized carbons (Fsp3) is 0.438. The number of rotatable bonds is 10. The molecule has 0 radical (unpaired) electrons. The van der Waals surface area contributed by atoms with E-state index in [9.17, 15) is 18.8 Å². The molecule has 0 aliphatic heterocycles. The van der Waals surface area contributed by atoms with Crippen LogP contribution in [0.25, 0.3) is 0 Å². The molecule has 0 saturated carbocycles. The Morgan fingerprint density at radius 1 is 1.12 bits per heavy atom. The molecule has 1 aromatic carbocycles. The highest BCUT2D eigenvalue weighted by atomic mass is 19.1. The van der Waals surface area contributed by atoms with Crippen LogP contribution in [0.15, 0.2) is 24.3 Å². The maximum absolute atomic E-state index is 12.8. The van der Waals surface area contributed by atoms with E-state index in [1.807, 2.05) is 6.92 Å². The number of hydrogen-bond acceptors (Lipinski definition) is 4. The summed E-state index contributed by atoms with van der Waals surface area (Å²) in [6, 6.07) is 4.87. The van der Waals surface area contributed by atoms with Crippen LogP contribution < -0.4 is 15.4 Å². The van der Waals surface area contributed by atoms with Crippen molar-refractivity contribution in [3.63, 3.8) is 0 Å². The Labute approximate surface area is 139 Å². The van der Waals surface area contributed by atoms with E-state index >= 15 is 0 Å². The van der Waals surface area contributed by atoms with Crippen molar-refractivity contribution in [3.05, 3.63) is 30.1 Å². The third-order valence-electron chi connectivity index (χ3n) is 3.00. The van der Waals surface area contributed by atoms with Gasteiger partial charge in [0.1, 0.15) is 11.6 Å². The van der Waals surface area contributed by atoms with Gasteiger partial charge in [-0.25, -0.2) is 9.18 Å². The smallest absolute Gasteiger partial charge is 0.346 e. The number of carboxylic acid groups (broad SMARTS) is 1. The largest absolute Gasteiger partial charge is 0.478 e. The Bertz CT molecular complexity index is 562. The quantitative estimate of drug-likeness (QED) is 0.591. The Balaban J connectivity index is 2.40. The molecule has 0 aromatic heterocycles. The van der Waals surface area contributed by atoms with Gasteiger partial charge in [0.25, 0.3) is 0 Å². The first kappa shape index (κ1) is 19.4. The van der Waals surface area contributed by atoms with Crippen LogP contribution in [0.4, 0.5) is 4.39 Å². The SMILES string of the molecule is CCCNC(=O)CCC(=O)NCC(Oc1ccc(F)cc1)C(=O)O. The van der Waals surface area contributed by atoms with Gasteiger partial charge in [0.05, 0.1) is 6.54 Å². The predicted octanol–water partition coefficient (Wildman–Crippen LogP) is 1.08. The number of nitrogens with one attached hydrogen (secondary N) is 2. The number of halogens is 1. The van der Waals surface area contributed by atoms with Crippen molar-refractivity contribution >= 4 is 17.8 Å². The second-order valence-corrected chi connectivity index (χ2v) is 5.05. The molecule has 2 amide bonds. The summed E-state index contributed by atoms with van der Waals surface area (Å²) in [5.74, 6) is -2.24.